The van der Waals surface area contributed by atoms with E-state index in [1.54, 1.807) is 0 Å². The number of hydrogen-bond acceptors (Lipinski definition) is 2. The lowest BCUT2D eigenvalue weighted by molar-refractivity contribution is 0.0946. The van der Waals surface area contributed by atoms with E-state index in [1.165, 1.54) is 5.56 Å². The molecule has 0 aliphatic heterocycles. The van der Waals surface area contributed by atoms with Crippen LogP contribution in [0.4, 0.5) is 0 Å². The van der Waals surface area contributed by atoms with Crippen molar-refractivity contribution < 1.29 is 4.79 Å². The summed E-state index contributed by atoms with van der Waals surface area (Å²) in [6.07, 6.45) is 2.10. The highest BCUT2D eigenvalue weighted by Gasteiger charge is 2.08. The van der Waals surface area contributed by atoms with Crippen molar-refractivity contribution in [1.29, 1.82) is 0 Å². The van der Waals surface area contributed by atoms with Crippen molar-refractivity contribution in [3.05, 3.63) is 35.4 Å². The summed E-state index contributed by atoms with van der Waals surface area (Å²) in [7, 11) is 1.99. The molecule has 0 saturated carbocycles. The van der Waals surface area contributed by atoms with Crippen LogP contribution >= 0.6 is 0 Å². The Kier molecular flexibility index (Phi) is 5.20. The number of ketones is 1. The molecule has 1 aromatic rings. The van der Waals surface area contributed by atoms with Gasteiger partial charge in [0, 0.05) is 5.56 Å². The number of hydrogen-bond donors (Lipinski definition) is 0. The van der Waals surface area contributed by atoms with E-state index in [0.717, 1.165) is 24.9 Å². The van der Waals surface area contributed by atoms with Gasteiger partial charge >= 0.3 is 0 Å². The van der Waals surface area contributed by atoms with E-state index in [9.17, 15) is 4.79 Å². The molecule has 0 bridgehead atoms. The summed E-state index contributed by atoms with van der Waals surface area (Å²) in [6.45, 7) is 5.72. The second-order valence-electron chi connectivity index (χ2n) is 4.21. The maximum Gasteiger partial charge on any atom is 0.176 e. The van der Waals surface area contributed by atoms with Gasteiger partial charge in [-0.25, -0.2) is 0 Å². The number of likely N-dealkylation sites (N-methyl/N-ethyl adjacent to an activating group) is 1. The number of carbonyl (C=O) groups is 1. The van der Waals surface area contributed by atoms with Gasteiger partial charge in [-0.1, -0.05) is 38.1 Å². The van der Waals surface area contributed by atoms with E-state index in [-0.39, 0.29) is 5.78 Å². The van der Waals surface area contributed by atoms with E-state index >= 15 is 0 Å². The highest BCUT2D eigenvalue weighted by atomic mass is 16.1. The molecule has 0 radical (unpaired) electrons. The van der Waals surface area contributed by atoms with Gasteiger partial charge in [0.25, 0.3) is 0 Å². The van der Waals surface area contributed by atoms with Gasteiger partial charge in [-0.2, -0.15) is 0 Å². The van der Waals surface area contributed by atoms with Crippen molar-refractivity contribution in [3.63, 3.8) is 0 Å². The van der Waals surface area contributed by atoms with Crippen LogP contribution in [0.15, 0.2) is 24.3 Å². The Balaban J connectivity index is 2.59. The Hall–Kier alpha value is -1.15. The minimum atomic E-state index is 0.207. The van der Waals surface area contributed by atoms with Gasteiger partial charge in [-0.15, -0.1) is 0 Å². The summed E-state index contributed by atoms with van der Waals surface area (Å²) < 4.78 is 0. The average Bonchev–Trinajstić information content (AvgIpc) is 2.29. The van der Waals surface area contributed by atoms with Gasteiger partial charge in [-0.05, 0) is 32.0 Å². The lowest BCUT2D eigenvalue weighted by Crippen LogP contribution is -2.26. The highest BCUT2D eigenvalue weighted by molar-refractivity contribution is 5.97. The standard InChI is InChI=1S/C14H21NO/c1-4-10-15(3)11-14(16)13-8-6-12(5-2)7-9-13/h6-9H,4-5,10-11H2,1-3H3. The summed E-state index contributed by atoms with van der Waals surface area (Å²) in [4.78, 5) is 14.0. The van der Waals surface area contributed by atoms with Gasteiger partial charge in [0.05, 0.1) is 6.54 Å². The van der Waals surface area contributed by atoms with E-state index in [1.807, 2.05) is 31.3 Å². The second-order valence-corrected chi connectivity index (χ2v) is 4.21. The number of rotatable bonds is 6. The SMILES string of the molecule is CCCN(C)CC(=O)c1ccc(CC)cc1. The minimum Gasteiger partial charge on any atom is -0.299 e. The average molecular weight is 219 g/mol. The van der Waals surface area contributed by atoms with Gasteiger partial charge in [0.1, 0.15) is 0 Å². The zero-order chi connectivity index (χ0) is 12.0. The van der Waals surface area contributed by atoms with Crippen molar-refractivity contribution in [2.24, 2.45) is 0 Å². The Morgan fingerprint density at radius 1 is 1.19 bits per heavy atom. The van der Waals surface area contributed by atoms with Crippen LogP contribution in [0.1, 0.15) is 36.2 Å². The lowest BCUT2D eigenvalue weighted by atomic mass is 10.1. The van der Waals surface area contributed by atoms with Crippen LogP contribution in [0.5, 0.6) is 0 Å². The molecule has 0 saturated heterocycles. The third-order valence-electron chi connectivity index (χ3n) is 2.70. The molecular formula is C14H21NO. The van der Waals surface area contributed by atoms with E-state index in [2.05, 4.69) is 18.7 Å². The second kappa shape index (κ2) is 6.44. The first-order valence-electron chi connectivity index (χ1n) is 5.98. The molecule has 2 nitrogen and oxygen atoms in total. The summed E-state index contributed by atoms with van der Waals surface area (Å²) in [5, 5.41) is 0. The number of Topliss-reactive ketones (excluding diaryl/α,β-unsaturated/α-hetero) is 1. The zero-order valence-electron chi connectivity index (χ0n) is 10.5. The molecule has 0 aliphatic rings. The fourth-order valence-corrected chi connectivity index (χ4v) is 1.72. The van der Waals surface area contributed by atoms with Crippen LogP contribution in [-0.4, -0.2) is 30.8 Å². The Morgan fingerprint density at radius 2 is 1.81 bits per heavy atom. The van der Waals surface area contributed by atoms with Crippen LogP contribution in [0.2, 0.25) is 0 Å². The van der Waals surface area contributed by atoms with Gasteiger partial charge in [0.2, 0.25) is 0 Å². The summed E-state index contributed by atoms with van der Waals surface area (Å²) in [5.74, 6) is 0.207. The van der Waals surface area contributed by atoms with E-state index < -0.39 is 0 Å². The van der Waals surface area contributed by atoms with Crippen LogP contribution in [0.3, 0.4) is 0 Å². The summed E-state index contributed by atoms with van der Waals surface area (Å²) in [5.41, 5.74) is 2.10. The molecular weight excluding hydrogens is 198 g/mol. The molecule has 0 aliphatic carbocycles. The molecule has 0 spiro atoms. The van der Waals surface area contributed by atoms with Gasteiger partial charge in [-0.3, -0.25) is 9.69 Å². The topological polar surface area (TPSA) is 20.3 Å². The minimum absolute atomic E-state index is 0.207. The number of nitrogens with zero attached hydrogens (tertiary/aromatic N) is 1. The van der Waals surface area contributed by atoms with Crippen LogP contribution in [0, 0.1) is 0 Å². The first-order valence-corrected chi connectivity index (χ1v) is 5.98. The number of benzene rings is 1. The molecule has 0 amide bonds. The largest absolute Gasteiger partial charge is 0.299 e. The molecule has 0 heterocycles. The van der Waals surface area contributed by atoms with Crippen molar-refractivity contribution >= 4 is 5.78 Å². The molecule has 1 aromatic carbocycles. The first-order chi connectivity index (χ1) is 7.67. The number of carbonyl (C=O) groups excluding carboxylic acids is 1. The molecule has 0 N–H and O–H groups in total. The Bertz CT molecular complexity index is 329. The van der Waals surface area contributed by atoms with Gasteiger partial charge < -0.3 is 0 Å². The summed E-state index contributed by atoms with van der Waals surface area (Å²) >= 11 is 0. The maximum atomic E-state index is 11.9. The zero-order valence-corrected chi connectivity index (χ0v) is 10.5. The van der Waals surface area contributed by atoms with Crippen LogP contribution < -0.4 is 0 Å². The molecule has 2 heteroatoms. The predicted molar refractivity (Wildman–Crippen MR) is 67.9 cm³/mol. The molecule has 0 unspecified atom stereocenters. The van der Waals surface area contributed by atoms with Crippen molar-refractivity contribution in [1.82, 2.24) is 4.90 Å². The smallest absolute Gasteiger partial charge is 0.176 e. The molecule has 0 atom stereocenters. The predicted octanol–water partition coefficient (Wildman–Crippen LogP) is 2.77. The highest BCUT2D eigenvalue weighted by Crippen LogP contribution is 2.06. The fourth-order valence-electron chi connectivity index (χ4n) is 1.72. The Labute approximate surface area is 98.3 Å². The quantitative estimate of drug-likeness (QED) is 0.686. The molecule has 0 fully saturated rings. The van der Waals surface area contributed by atoms with Crippen molar-refractivity contribution in [3.8, 4) is 0 Å². The van der Waals surface area contributed by atoms with Gasteiger partial charge in [0.15, 0.2) is 5.78 Å². The maximum absolute atomic E-state index is 11.9. The first kappa shape index (κ1) is 12.9. The fraction of sp³-hybridized carbons (Fsp3) is 0.500. The molecule has 1 rings (SSSR count). The monoisotopic (exact) mass is 219 g/mol. The van der Waals surface area contributed by atoms with E-state index in [0.29, 0.717) is 6.54 Å². The van der Waals surface area contributed by atoms with Crippen molar-refractivity contribution in [2.75, 3.05) is 20.1 Å². The Morgan fingerprint density at radius 3 is 2.31 bits per heavy atom. The third-order valence-corrected chi connectivity index (χ3v) is 2.70. The molecule has 0 aromatic heterocycles. The third kappa shape index (κ3) is 3.78. The molecule has 88 valence electrons. The van der Waals surface area contributed by atoms with Crippen molar-refractivity contribution in [2.45, 2.75) is 26.7 Å². The summed E-state index contributed by atoms with van der Waals surface area (Å²) in [6, 6.07) is 7.93. The van der Waals surface area contributed by atoms with Crippen LogP contribution in [0.25, 0.3) is 0 Å². The molecule has 16 heavy (non-hydrogen) atoms. The number of aryl methyl sites for hydroxylation is 1. The normalized spacial score (nSPS) is 10.8. The lowest BCUT2D eigenvalue weighted by Gasteiger charge is -2.14. The van der Waals surface area contributed by atoms with E-state index in [4.69, 9.17) is 0 Å². The van der Waals surface area contributed by atoms with Crippen LogP contribution in [-0.2, 0) is 6.42 Å².